The van der Waals surface area contributed by atoms with Gasteiger partial charge in [-0.05, 0) is 75.2 Å². The fourth-order valence-corrected chi connectivity index (χ4v) is 6.33. The molecule has 20 heteroatoms. The number of aromatic nitrogens is 2. The lowest BCUT2D eigenvalue weighted by atomic mass is 10.0. The maximum Gasteiger partial charge on any atom is 0.414 e. The van der Waals surface area contributed by atoms with E-state index in [-0.39, 0.29) is 29.6 Å². The first-order valence-electron chi connectivity index (χ1n) is 18.4. The zero-order valence-electron chi connectivity index (χ0n) is 34.3. The van der Waals surface area contributed by atoms with Crippen LogP contribution in [-0.2, 0) is 25.8 Å². The van der Waals surface area contributed by atoms with E-state index in [0.29, 0.717) is 48.2 Å². The van der Waals surface area contributed by atoms with Gasteiger partial charge < -0.3 is 45.0 Å². The summed E-state index contributed by atoms with van der Waals surface area (Å²) >= 11 is 0. The largest absolute Gasteiger partial charge is 0.481 e. The average molecular weight is 858 g/mol. The third-order valence-electron chi connectivity index (χ3n) is 8.67. The first kappa shape index (κ1) is 47.8. The van der Waals surface area contributed by atoms with Gasteiger partial charge in [0.1, 0.15) is 34.5 Å². The first-order chi connectivity index (χ1) is 28.2. The number of amides is 2. The smallest absolute Gasteiger partial charge is 0.414 e. The number of aliphatic carboxylic acids is 2. The van der Waals surface area contributed by atoms with Crippen LogP contribution in [0, 0.1) is 11.6 Å². The molecule has 4 aromatic rings. The molecule has 4 rings (SSSR count). The highest BCUT2D eigenvalue weighted by Crippen LogP contribution is 2.27. The molecule has 0 spiro atoms. The standard InChI is InChI=1S/C28H34F2N6O6S.C12H15NO4/c1-6-36(7-2)27-31-16-24(32-17(3)43(40,41)22-14-19(29)13-20(30)15-22)25(34-27)33-23(26(37)38)12-18-8-10-21(11-9-18)42-28(39)35(4)5;1-8(11(14)15)9-4-6-10(7-5-9)17-12(16)13(2)3/h8-11,13-17,23,32H,6-7,12H2,1-5H3,(H,37,38)(H,31,33,34);4-8H,1-3H3,(H,14,15). The summed E-state index contributed by atoms with van der Waals surface area (Å²) in [5.74, 6) is -3.82. The Kier molecular flexibility index (Phi) is 17.1. The number of rotatable bonds is 16. The van der Waals surface area contributed by atoms with Crippen molar-refractivity contribution in [2.75, 3.05) is 56.8 Å². The molecular formula is C40H49F2N7O10S. The fourth-order valence-electron chi connectivity index (χ4n) is 5.09. The highest BCUT2D eigenvalue weighted by Gasteiger charge is 2.28. The van der Waals surface area contributed by atoms with Crippen molar-refractivity contribution < 1.29 is 56.1 Å². The summed E-state index contributed by atoms with van der Waals surface area (Å²) in [6, 6.07) is 13.5. The number of nitrogens with one attached hydrogen (secondary N) is 2. The number of hydrogen-bond donors (Lipinski definition) is 4. The summed E-state index contributed by atoms with van der Waals surface area (Å²) in [6.45, 7) is 7.75. The van der Waals surface area contributed by atoms with Gasteiger partial charge in [0.2, 0.25) is 5.95 Å². The van der Waals surface area contributed by atoms with Gasteiger partial charge in [0, 0.05) is 53.8 Å². The van der Waals surface area contributed by atoms with E-state index in [0.717, 1.165) is 0 Å². The zero-order valence-corrected chi connectivity index (χ0v) is 35.2. The predicted molar refractivity (Wildman–Crippen MR) is 219 cm³/mol. The minimum absolute atomic E-state index is 0.00769. The number of halogens is 2. The lowest BCUT2D eigenvalue weighted by molar-refractivity contribution is -0.139. The molecule has 3 aromatic carbocycles. The van der Waals surface area contributed by atoms with E-state index in [1.54, 1.807) is 71.5 Å². The van der Waals surface area contributed by atoms with Crippen LogP contribution in [0.25, 0.3) is 0 Å². The normalized spacial score (nSPS) is 12.4. The van der Waals surface area contributed by atoms with E-state index in [9.17, 15) is 41.5 Å². The molecule has 0 bridgehead atoms. The van der Waals surface area contributed by atoms with Gasteiger partial charge in [0.15, 0.2) is 15.7 Å². The Bertz CT molecular complexity index is 2200. The van der Waals surface area contributed by atoms with Crippen LogP contribution in [0.5, 0.6) is 11.5 Å². The summed E-state index contributed by atoms with van der Waals surface area (Å²) in [4.78, 5) is 58.7. The van der Waals surface area contributed by atoms with Crippen molar-refractivity contribution in [3.8, 4) is 11.5 Å². The Balaban J connectivity index is 0.000000472. The molecule has 17 nitrogen and oxygen atoms in total. The number of anilines is 3. The van der Waals surface area contributed by atoms with Crippen molar-refractivity contribution in [1.82, 2.24) is 19.8 Å². The summed E-state index contributed by atoms with van der Waals surface area (Å²) in [6.07, 6.45) is 0.263. The second-order valence-electron chi connectivity index (χ2n) is 13.6. The van der Waals surface area contributed by atoms with Crippen LogP contribution >= 0.6 is 0 Å². The monoisotopic (exact) mass is 857 g/mol. The van der Waals surface area contributed by atoms with Gasteiger partial charge in [-0.15, -0.1) is 0 Å². The second kappa shape index (κ2) is 21.4. The molecule has 3 unspecified atom stereocenters. The van der Waals surface area contributed by atoms with Gasteiger partial charge in [-0.2, -0.15) is 4.98 Å². The summed E-state index contributed by atoms with van der Waals surface area (Å²) in [5, 5.41) is 23.1. The maximum absolute atomic E-state index is 13.8. The molecule has 1 aromatic heterocycles. The number of nitrogens with zero attached hydrogens (tertiary/aromatic N) is 5. The van der Waals surface area contributed by atoms with E-state index < -0.39 is 67.8 Å². The molecule has 1 heterocycles. The summed E-state index contributed by atoms with van der Waals surface area (Å²) < 4.78 is 64.0. The number of sulfone groups is 1. The van der Waals surface area contributed by atoms with Crippen molar-refractivity contribution in [2.45, 2.75) is 56.3 Å². The third kappa shape index (κ3) is 13.5. The van der Waals surface area contributed by atoms with Crippen molar-refractivity contribution in [3.63, 3.8) is 0 Å². The van der Waals surface area contributed by atoms with Gasteiger partial charge in [-0.3, -0.25) is 4.79 Å². The highest BCUT2D eigenvalue weighted by molar-refractivity contribution is 7.92. The second-order valence-corrected chi connectivity index (χ2v) is 15.8. The molecule has 0 aliphatic heterocycles. The number of carbonyl (C=O) groups excluding carboxylic acids is 2. The quantitative estimate of drug-likeness (QED) is 0.103. The zero-order chi connectivity index (χ0) is 44.9. The molecule has 2 amide bonds. The molecule has 0 radical (unpaired) electrons. The van der Waals surface area contributed by atoms with Crippen LogP contribution in [0.1, 0.15) is 44.7 Å². The fraction of sp³-hybridized carbons (Fsp3) is 0.350. The first-order valence-corrected chi connectivity index (χ1v) is 20.0. The van der Waals surface area contributed by atoms with Gasteiger partial charge >= 0.3 is 24.1 Å². The van der Waals surface area contributed by atoms with E-state index in [2.05, 4.69) is 20.6 Å². The Labute approximate surface area is 346 Å². The lowest BCUT2D eigenvalue weighted by Crippen LogP contribution is -2.34. The molecule has 0 aliphatic carbocycles. The van der Waals surface area contributed by atoms with Crippen LogP contribution < -0.4 is 25.0 Å². The van der Waals surface area contributed by atoms with Crippen molar-refractivity contribution >= 4 is 51.4 Å². The number of carboxylic acid groups (broad SMARTS) is 2. The van der Waals surface area contributed by atoms with Crippen LogP contribution in [0.15, 0.2) is 77.8 Å². The molecule has 0 saturated heterocycles. The molecule has 4 N–H and O–H groups in total. The number of hydrogen-bond acceptors (Lipinski definition) is 13. The van der Waals surface area contributed by atoms with E-state index in [1.165, 1.54) is 35.1 Å². The molecule has 60 heavy (non-hydrogen) atoms. The van der Waals surface area contributed by atoms with Crippen molar-refractivity contribution in [2.24, 2.45) is 0 Å². The van der Waals surface area contributed by atoms with Crippen molar-refractivity contribution in [1.29, 1.82) is 0 Å². The van der Waals surface area contributed by atoms with Gasteiger partial charge in [-0.25, -0.2) is 36.6 Å². The molecule has 0 aliphatic rings. The number of carboxylic acids is 2. The topological polar surface area (TPSA) is 221 Å². The van der Waals surface area contributed by atoms with Gasteiger partial charge in [-0.1, -0.05) is 24.3 Å². The SMILES string of the molecule is CC(C(=O)O)c1ccc(OC(=O)N(C)C)cc1.CCN(CC)c1ncc(NC(C)S(=O)(=O)c2cc(F)cc(F)c2)c(NC(Cc2ccc(OC(=O)N(C)C)cc2)C(=O)O)n1. The molecule has 0 fully saturated rings. The van der Waals surface area contributed by atoms with Crippen LogP contribution in [0.2, 0.25) is 0 Å². The summed E-state index contributed by atoms with van der Waals surface area (Å²) in [7, 11) is 1.97. The predicted octanol–water partition coefficient (Wildman–Crippen LogP) is 5.94. The molecule has 3 atom stereocenters. The summed E-state index contributed by atoms with van der Waals surface area (Å²) in [5.41, 5.74) is 1.32. The third-order valence-corrected chi connectivity index (χ3v) is 10.6. The van der Waals surface area contributed by atoms with E-state index >= 15 is 0 Å². The Morgan fingerprint density at radius 3 is 1.72 bits per heavy atom. The Hall–Kier alpha value is -6.57. The number of benzene rings is 3. The van der Waals surface area contributed by atoms with Crippen LogP contribution in [0.4, 0.5) is 35.8 Å². The minimum atomic E-state index is -4.29. The lowest BCUT2D eigenvalue weighted by Gasteiger charge is -2.24. The Morgan fingerprint density at radius 1 is 0.767 bits per heavy atom. The van der Waals surface area contributed by atoms with E-state index in [1.807, 2.05) is 18.7 Å². The average Bonchev–Trinajstić information content (AvgIpc) is 3.19. The molecule has 324 valence electrons. The number of carbonyl (C=O) groups is 4. The maximum atomic E-state index is 13.8. The van der Waals surface area contributed by atoms with Gasteiger partial charge in [0.25, 0.3) is 0 Å². The minimum Gasteiger partial charge on any atom is -0.481 e. The molecular weight excluding hydrogens is 809 g/mol. The van der Waals surface area contributed by atoms with Gasteiger partial charge in [0.05, 0.1) is 22.7 Å². The highest BCUT2D eigenvalue weighted by atomic mass is 32.2. The molecule has 0 saturated carbocycles. The van der Waals surface area contributed by atoms with E-state index in [4.69, 9.17) is 14.6 Å². The van der Waals surface area contributed by atoms with Crippen molar-refractivity contribution in [3.05, 3.63) is 95.7 Å². The Morgan fingerprint density at radius 2 is 1.27 bits per heavy atom. The number of ether oxygens (including phenoxy) is 2. The van der Waals surface area contributed by atoms with Crippen LogP contribution in [0.3, 0.4) is 0 Å². The van der Waals surface area contributed by atoms with Crippen LogP contribution in [-0.4, -0.2) is 115 Å².